The summed E-state index contributed by atoms with van der Waals surface area (Å²) in [5, 5.41) is 3.56. The first kappa shape index (κ1) is 16.4. The number of nitrogens with one attached hydrogen (secondary N) is 1. The molecule has 0 saturated carbocycles. The number of rotatable bonds is 6. The van der Waals surface area contributed by atoms with Crippen LogP contribution >= 0.6 is 12.4 Å². The lowest BCUT2D eigenvalue weighted by Crippen LogP contribution is -2.26. The van der Waals surface area contributed by atoms with Crippen LogP contribution in [0.3, 0.4) is 0 Å². The third kappa shape index (κ3) is 6.64. The van der Waals surface area contributed by atoms with Crippen molar-refractivity contribution < 1.29 is 0 Å². The van der Waals surface area contributed by atoms with E-state index >= 15 is 0 Å². The molecule has 1 unspecified atom stereocenters. The molecular formula is C14H25ClN2. The second-order valence-corrected chi connectivity index (χ2v) is 5.00. The Hall–Kier alpha value is -0.600. The summed E-state index contributed by atoms with van der Waals surface area (Å²) < 4.78 is 0. The van der Waals surface area contributed by atoms with Gasteiger partial charge in [0, 0.05) is 24.5 Å². The monoisotopic (exact) mass is 256 g/mol. The van der Waals surface area contributed by atoms with E-state index in [2.05, 4.69) is 44.1 Å². The van der Waals surface area contributed by atoms with E-state index in [0.29, 0.717) is 6.04 Å². The lowest BCUT2D eigenvalue weighted by atomic mass is 10.0. The van der Waals surface area contributed by atoms with Gasteiger partial charge >= 0.3 is 0 Å². The highest BCUT2D eigenvalue weighted by molar-refractivity contribution is 5.85. The molecule has 1 N–H and O–H groups in total. The summed E-state index contributed by atoms with van der Waals surface area (Å²) in [4.78, 5) is 4.29. The summed E-state index contributed by atoms with van der Waals surface area (Å²) in [5.74, 6) is 0.796. The Kier molecular flexibility index (Phi) is 8.19. The number of pyridine rings is 1. The van der Waals surface area contributed by atoms with Gasteiger partial charge in [-0.2, -0.15) is 0 Å². The van der Waals surface area contributed by atoms with E-state index in [1.54, 1.807) is 0 Å². The fraction of sp³-hybridized carbons (Fsp3) is 0.643. The van der Waals surface area contributed by atoms with E-state index in [1.807, 2.05) is 12.3 Å². The predicted octanol–water partition coefficient (Wildman–Crippen LogP) is 3.73. The van der Waals surface area contributed by atoms with Crippen LogP contribution in [0.4, 0.5) is 0 Å². The van der Waals surface area contributed by atoms with Crippen molar-refractivity contribution in [1.29, 1.82) is 0 Å². The van der Waals surface area contributed by atoms with E-state index in [-0.39, 0.29) is 12.4 Å². The molecule has 0 saturated heterocycles. The summed E-state index contributed by atoms with van der Waals surface area (Å²) in [5.41, 5.74) is 2.44. The zero-order valence-corrected chi connectivity index (χ0v) is 12.2. The van der Waals surface area contributed by atoms with Crippen molar-refractivity contribution in [1.82, 2.24) is 10.3 Å². The van der Waals surface area contributed by atoms with Crippen LogP contribution < -0.4 is 5.32 Å². The molecule has 1 rings (SSSR count). The van der Waals surface area contributed by atoms with Crippen LogP contribution in [0.5, 0.6) is 0 Å². The average molecular weight is 257 g/mol. The van der Waals surface area contributed by atoms with Crippen molar-refractivity contribution in [2.24, 2.45) is 5.92 Å². The van der Waals surface area contributed by atoms with Crippen LogP contribution in [0.2, 0.25) is 0 Å². The summed E-state index contributed by atoms with van der Waals surface area (Å²) in [6.07, 6.45) is 4.39. The maximum Gasteiger partial charge on any atom is 0.0417 e. The van der Waals surface area contributed by atoms with E-state index in [4.69, 9.17) is 0 Å². The number of nitrogens with zero attached hydrogens (tertiary/aromatic N) is 1. The summed E-state index contributed by atoms with van der Waals surface area (Å²) >= 11 is 0. The SMILES string of the molecule is Cc1ncccc1CNC(C)CCC(C)C.Cl. The second-order valence-electron chi connectivity index (χ2n) is 5.00. The summed E-state index contributed by atoms with van der Waals surface area (Å²) in [6, 6.07) is 4.73. The molecule has 1 aromatic rings. The van der Waals surface area contributed by atoms with E-state index in [0.717, 1.165) is 18.2 Å². The Morgan fingerprint density at radius 2 is 1.94 bits per heavy atom. The molecule has 0 spiro atoms. The van der Waals surface area contributed by atoms with Gasteiger partial charge < -0.3 is 5.32 Å². The van der Waals surface area contributed by atoms with Gasteiger partial charge in [0.25, 0.3) is 0 Å². The van der Waals surface area contributed by atoms with Crippen LogP contribution in [0, 0.1) is 12.8 Å². The molecule has 98 valence electrons. The maximum atomic E-state index is 4.29. The molecule has 0 bridgehead atoms. The van der Waals surface area contributed by atoms with Crippen LogP contribution in [0.1, 0.15) is 44.9 Å². The topological polar surface area (TPSA) is 24.9 Å². The number of hydrogen-bond acceptors (Lipinski definition) is 2. The molecule has 0 aliphatic rings. The lowest BCUT2D eigenvalue weighted by molar-refractivity contribution is 0.450. The average Bonchev–Trinajstić information content (AvgIpc) is 2.25. The predicted molar refractivity (Wildman–Crippen MR) is 76.6 cm³/mol. The summed E-state index contributed by atoms with van der Waals surface area (Å²) in [6.45, 7) is 9.80. The van der Waals surface area contributed by atoms with Gasteiger partial charge in [-0.1, -0.05) is 19.9 Å². The highest BCUT2D eigenvalue weighted by atomic mass is 35.5. The first-order valence-electron chi connectivity index (χ1n) is 6.23. The lowest BCUT2D eigenvalue weighted by Gasteiger charge is -2.15. The standard InChI is InChI=1S/C14H24N2.ClH/c1-11(2)7-8-12(3)16-10-14-6-5-9-15-13(14)4;/h5-6,9,11-12,16H,7-8,10H2,1-4H3;1H. The van der Waals surface area contributed by atoms with Crippen LogP contribution in [-0.4, -0.2) is 11.0 Å². The van der Waals surface area contributed by atoms with Gasteiger partial charge in [0.2, 0.25) is 0 Å². The molecule has 0 aromatic carbocycles. The van der Waals surface area contributed by atoms with Crippen molar-refractivity contribution in [2.45, 2.75) is 53.1 Å². The Balaban J connectivity index is 0.00000256. The minimum Gasteiger partial charge on any atom is -0.310 e. The first-order chi connectivity index (χ1) is 7.59. The number of hydrogen-bond donors (Lipinski definition) is 1. The molecular weight excluding hydrogens is 232 g/mol. The van der Waals surface area contributed by atoms with Gasteiger partial charge in [-0.25, -0.2) is 0 Å². The normalized spacial score (nSPS) is 12.3. The van der Waals surface area contributed by atoms with Crippen LogP contribution in [0.15, 0.2) is 18.3 Å². The van der Waals surface area contributed by atoms with Gasteiger partial charge in [0.15, 0.2) is 0 Å². The Bertz CT molecular complexity index is 313. The smallest absolute Gasteiger partial charge is 0.0417 e. The van der Waals surface area contributed by atoms with Gasteiger partial charge in [-0.05, 0) is 44.2 Å². The van der Waals surface area contributed by atoms with Gasteiger partial charge in [-0.3, -0.25) is 4.98 Å². The van der Waals surface area contributed by atoms with Gasteiger partial charge in [0.1, 0.15) is 0 Å². The van der Waals surface area contributed by atoms with Gasteiger partial charge in [0.05, 0.1) is 0 Å². The Morgan fingerprint density at radius 3 is 2.53 bits per heavy atom. The molecule has 0 aliphatic carbocycles. The van der Waals surface area contributed by atoms with E-state index in [1.165, 1.54) is 18.4 Å². The molecule has 3 heteroatoms. The van der Waals surface area contributed by atoms with Crippen molar-refractivity contribution in [3.8, 4) is 0 Å². The van der Waals surface area contributed by atoms with Crippen molar-refractivity contribution in [3.63, 3.8) is 0 Å². The molecule has 17 heavy (non-hydrogen) atoms. The molecule has 2 nitrogen and oxygen atoms in total. The van der Waals surface area contributed by atoms with E-state index < -0.39 is 0 Å². The first-order valence-corrected chi connectivity index (χ1v) is 6.23. The van der Waals surface area contributed by atoms with Crippen molar-refractivity contribution in [3.05, 3.63) is 29.6 Å². The number of aromatic nitrogens is 1. The van der Waals surface area contributed by atoms with Crippen LogP contribution in [0.25, 0.3) is 0 Å². The highest BCUT2D eigenvalue weighted by Gasteiger charge is 2.04. The fourth-order valence-corrected chi connectivity index (χ4v) is 1.67. The Labute approximate surface area is 112 Å². The fourth-order valence-electron chi connectivity index (χ4n) is 1.67. The molecule has 1 heterocycles. The van der Waals surface area contributed by atoms with Gasteiger partial charge in [-0.15, -0.1) is 12.4 Å². The largest absolute Gasteiger partial charge is 0.310 e. The minimum absolute atomic E-state index is 0. The highest BCUT2D eigenvalue weighted by Crippen LogP contribution is 2.08. The molecule has 1 atom stereocenters. The molecule has 0 fully saturated rings. The summed E-state index contributed by atoms with van der Waals surface area (Å²) in [7, 11) is 0. The van der Waals surface area contributed by atoms with E-state index in [9.17, 15) is 0 Å². The molecule has 0 radical (unpaired) electrons. The third-order valence-electron chi connectivity index (χ3n) is 2.93. The number of halogens is 1. The van der Waals surface area contributed by atoms with Crippen molar-refractivity contribution >= 4 is 12.4 Å². The zero-order chi connectivity index (χ0) is 12.0. The quantitative estimate of drug-likeness (QED) is 0.839. The number of aryl methyl sites for hydroxylation is 1. The second kappa shape index (κ2) is 8.48. The minimum atomic E-state index is 0. The maximum absolute atomic E-state index is 4.29. The molecule has 1 aromatic heterocycles. The molecule has 0 aliphatic heterocycles. The Morgan fingerprint density at radius 1 is 1.24 bits per heavy atom. The molecule has 0 amide bonds. The third-order valence-corrected chi connectivity index (χ3v) is 2.93. The van der Waals surface area contributed by atoms with Crippen molar-refractivity contribution in [2.75, 3.05) is 0 Å². The zero-order valence-electron chi connectivity index (χ0n) is 11.4. The van der Waals surface area contributed by atoms with Crippen LogP contribution in [-0.2, 0) is 6.54 Å².